The van der Waals surface area contributed by atoms with Crippen LogP contribution in [0.15, 0.2) is 29.2 Å². The number of sulfonamides is 1. The number of hydrogen-bond donors (Lipinski definition) is 1. The quantitative estimate of drug-likeness (QED) is 0.875. The van der Waals surface area contributed by atoms with Crippen LogP contribution >= 0.6 is 0 Å². The molecular weight excluding hydrogens is 331 g/mol. The fourth-order valence-corrected chi connectivity index (χ4v) is 4.05. The molecule has 1 N–H and O–H groups in total. The van der Waals surface area contributed by atoms with Crippen LogP contribution in [-0.2, 0) is 26.0 Å². The Morgan fingerprint density at radius 1 is 1.19 bits per heavy atom. The molecule has 0 spiro atoms. The van der Waals surface area contributed by atoms with Gasteiger partial charge in [-0.25, -0.2) is 21.6 Å². The highest BCUT2D eigenvalue weighted by Gasteiger charge is 2.32. The molecule has 0 amide bonds. The van der Waals surface area contributed by atoms with Crippen LogP contribution in [-0.4, -0.2) is 34.9 Å². The van der Waals surface area contributed by atoms with E-state index in [-0.39, 0.29) is 0 Å². The smallest absolute Gasteiger partial charge is 0.229 e. The highest BCUT2D eigenvalue weighted by molar-refractivity contribution is 7.91. The second-order valence-corrected chi connectivity index (χ2v) is 8.54. The van der Waals surface area contributed by atoms with Crippen molar-refractivity contribution in [2.45, 2.75) is 24.0 Å². The van der Waals surface area contributed by atoms with Gasteiger partial charge < -0.3 is 0 Å². The maximum absolute atomic E-state index is 12.5. The van der Waals surface area contributed by atoms with Gasteiger partial charge in [0, 0.05) is 12.3 Å². The molecule has 10 heteroatoms. The van der Waals surface area contributed by atoms with Gasteiger partial charge in [-0.3, -0.25) is 0 Å². The Kier molecular flexibility index (Phi) is 5.06. The monoisotopic (exact) mass is 345 g/mol. The molecule has 120 valence electrons. The molecule has 0 unspecified atom stereocenters. The summed E-state index contributed by atoms with van der Waals surface area (Å²) in [4.78, 5) is -0.572. The summed E-state index contributed by atoms with van der Waals surface area (Å²) in [5.41, 5.74) is -1.10. The first-order valence-corrected chi connectivity index (χ1v) is 9.23. The van der Waals surface area contributed by atoms with Gasteiger partial charge in [0.15, 0.2) is 0 Å². The number of alkyl halides is 3. The van der Waals surface area contributed by atoms with E-state index in [4.69, 9.17) is 0 Å². The van der Waals surface area contributed by atoms with E-state index >= 15 is 0 Å². The Balaban J connectivity index is 3.04. The molecule has 1 rings (SSSR count). The molecule has 5 nitrogen and oxygen atoms in total. The fourth-order valence-electron chi connectivity index (χ4n) is 1.66. The largest absolute Gasteiger partial charge is 0.416 e. The molecule has 0 aliphatic rings. The molecule has 0 fully saturated rings. The van der Waals surface area contributed by atoms with Gasteiger partial charge in [-0.1, -0.05) is 6.07 Å². The number of halogens is 3. The van der Waals surface area contributed by atoms with Crippen molar-refractivity contribution >= 4 is 19.9 Å². The lowest BCUT2D eigenvalue weighted by atomic mass is 10.2. The van der Waals surface area contributed by atoms with E-state index in [9.17, 15) is 30.0 Å². The first-order valence-electron chi connectivity index (χ1n) is 5.68. The molecule has 1 atom stereocenters. The van der Waals surface area contributed by atoms with Gasteiger partial charge in [-0.05, 0) is 25.1 Å². The summed E-state index contributed by atoms with van der Waals surface area (Å²) in [5.74, 6) is -0.453. The number of rotatable bonds is 5. The van der Waals surface area contributed by atoms with E-state index < -0.39 is 48.3 Å². The van der Waals surface area contributed by atoms with Crippen molar-refractivity contribution in [1.29, 1.82) is 0 Å². The maximum Gasteiger partial charge on any atom is 0.416 e. The van der Waals surface area contributed by atoms with E-state index in [1.807, 2.05) is 4.72 Å². The van der Waals surface area contributed by atoms with Gasteiger partial charge in [0.2, 0.25) is 10.0 Å². The lowest BCUT2D eigenvalue weighted by Crippen LogP contribution is -2.37. The second-order valence-electron chi connectivity index (χ2n) is 4.64. The zero-order valence-corrected chi connectivity index (χ0v) is 12.8. The number of nitrogens with one attached hydrogen (secondary N) is 1. The van der Waals surface area contributed by atoms with Crippen LogP contribution < -0.4 is 4.72 Å². The van der Waals surface area contributed by atoms with Gasteiger partial charge in [-0.15, -0.1) is 0 Å². The molecule has 1 aromatic carbocycles. The van der Waals surface area contributed by atoms with E-state index in [1.165, 1.54) is 6.92 Å². The Bertz CT molecular complexity index is 711. The van der Waals surface area contributed by atoms with Gasteiger partial charge in [0.25, 0.3) is 0 Å². The van der Waals surface area contributed by atoms with Crippen LogP contribution in [0.1, 0.15) is 12.5 Å². The van der Waals surface area contributed by atoms with Crippen molar-refractivity contribution in [3.05, 3.63) is 29.8 Å². The molecule has 1 aromatic rings. The van der Waals surface area contributed by atoms with Crippen molar-refractivity contribution in [1.82, 2.24) is 4.72 Å². The van der Waals surface area contributed by atoms with Crippen molar-refractivity contribution in [3.63, 3.8) is 0 Å². The van der Waals surface area contributed by atoms with Crippen LogP contribution in [0.25, 0.3) is 0 Å². The van der Waals surface area contributed by atoms with Gasteiger partial charge in [-0.2, -0.15) is 13.2 Å². The molecule has 0 aliphatic heterocycles. The van der Waals surface area contributed by atoms with Gasteiger partial charge >= 0.3 is 6.18 Å². The van der Waals surface area contributed by atoms with E-state index in [1.54, 1.807) is 0 Å². The maximum atomic E-state index is 12.5. The SMILES string of the molecule is C[C@H](CS(C)(=O)=O)NS(=O)(=O)c1cccc(C(F)(F)F)c1. The standard InChI is InChI=1S/C11H14F3NO4S2/c1-8(7-20(2,16)17)15-21(18,19)10-5-3-4-9(6-10)11(12,13)14/h3-6,8,15H,7H2,1-2H3/t8-/m1/s1. The van der Waals surface area contributed by atoms with E-state index in [0.717, 1.165) is 24.5 Å². The molecule has 0 saturated carbocycles. The van der Waals surface area contributed by atoms with E-state index in [2.05, 4.69) is 0 Å². The highest BCUT2D eigenvalue weighted by Crippen LogP contribution is 2.30. The van der Waals surface area contributed by atoms with E-state index in [0.29, 0.717) is 6.07 Å². The summed E-state index contributed by atoms with van der Waals surface area (Å²) in [7, 11) is -7.65. The molecule has 0 saturated heterocycles. The lowest BCUT2D eigenvalue weighted by Gasteiger charge is -2.14. The molecule has 0 aromatic heterocycles. The second kappa shape index (κ2) is 5.93. The van der Waals surface area contributed by atoms with Crippen molar-refractivity contribution in [2.24, 2.45) is 0 Å². The molecule has 0 heterocycles. The molecule has 0 bridgehead atoms. The third-order valence-electron chi connectivity index (χ3n) is 2.38. The summed E-state index contributed by atoms with van der Waals surface area (Å²) in [6.45, 7) is 1.31. The average molecular weight is 345 g/mol. The number of sulfone groups is 1. The topological polar surface area (TPSA) is 80.3 Å². The predicted molar refractivity (Wildman–Crippen MR) is 70.9 cm³/mol. The van der Waals surface area contributed by atoms with Crippen LogP contribution in [0.5, 0.6) is 0 Å². The minimum absolute atomic E-state index is 0.453. The number of hydrogen-bond acceptors (Lipinski definition) is 4. The Labute approximate surface area is 121 Å². The number of benzene rings is 1. The van der Waals surface area contributed by atoms with Crippen LogP contribution in [0.3, 0.4) is 0 Å². The minimum atomic E-state index is -4.66. The Morgan fingerprint density at radius 3 is 2.24 bits per heavy atom. The molecular formula is C11H14F3NO4S2. The zero-order chi connectivity index (χ0) is 16.5. The average Bonchev–Trinajstić information content (AvgIpc) is 2.24. The summed E-state index contributed by atoms with van der Waals surface area (Å²) >= 11 is 0. The summed E-state index contributed by atoms with van der Waals surface area (Å²) in [6, 6.07) is 2.26. The molecule has 21 heavy (non-hydrogen) atoms. The van der Waals surface area contributed by atoms with Gasteiger partial charge in [0.05, 0.1) is 16.2 Å². The van der Waals surface area contributed by atoms with Gasteiger partial charge in [0.1, 0.15) is 9.84 Å². The zero-order valence-electron chi connectivity index (χ0n) is 11.2. The predicted octanol–water partition coefficient (Wildman–Crippen LogP) is 1.42. The van der Waals surface area contributed by atoms with Crippen LogP contribution in [0, 0.1) is 0 Å². The van der Waals surface area contributed by atoms with Crippen molar-refractivity contribution in [2.75, 3.05) is 12.0 Å². The first-order chi connectivity index (χ1) is 9.31. The fraction of sp³-hybridized carbons (Fsp3) is 0.455. The normalized spacial score (nSPS) is 14.9. The minimum Gasteiger partial charge on any atom is -0.229 e. The third kappa shape index (κ3) is 5.64. The lowest BCUT2D eigenvalue weighted by molar-refractivity contribution is -0.137. The summed E-state index contributed by atoms with van der Waals surface area (Å²) < 4.78 is 85.7. The third-order valence-corrected chi connectivity index (χ3v) is 5.07. The van der Waals surface area contributed by atoms with Crippen LogP contribution in [0.2, 0.25) is 0 Å². The summed E-state index contributed by atoms with van der Waals surface area (Å²) in [5, 5.41) is 0. The Hall–Kier alpha value is -1.13. The highest BCUT2D eigenvalue weighted by atomic mass is 32.2. The molecule has 0 radical (unpaired) electrons. The molecule has 0 aliphatic carbocycles. The van der Waals surface area contributed by atoms with Crippen LogP contribution in [0.4, 0.5) is 13.2 Å². The summed E-state index contributed by atoms with van der Waals surface area (Å²) in [6.07, 6.45) is -3.73. The first kappa shape index (κ1) is 17.9. The van der Waals surface area contributed by atoms with Crippen molar-refractivity contribution in [3.8, 4) is 0 Å². The van der Waals surface area contributed by atoms with Crippen molar-refractivity contribution < 1.29 is 30.0 Å². The Morgan fingerprint density at radius 2 is 1.76 bits per heavy atom.